The minimum Gasteiger partial charge on any atom is -0.477 e. The van der Waals surface area contributed by atoms with Crippen molar-refractivity contribution in [2.45, 2.75) is 9.92 Å². The van der Waals surface area contributed by atoms with Crippen LogP contribution in [0.15, 0.2) is 50.8 Å². The molecule has 0 atom stereocenters. The Morgan fingerprint density at radius 2 is 2.11 bits per heavy atom. The first kappa shape index (κ1) is 12.9. The fraction of sp³-hybridized carbons (Fsp3) is 0. The smallest absolute Gasteiger partial charge is 0.354 e. The Morgan fingerprint density at radius 3 is 2.78 bits per heavy atom. The summed E-state index contributed by atoms with van der Waals surface area (Å²) in [6, 6.07) is 10.6. The molecule has 0 bridgehead atoms. The van der Waals surface area contributed by atoms with E-state index in [1.807, 2.05) is 24.3 Å². The second-order valence-electron chi connectivity index (χ2n) is 3.46. The summed E-state index contributed by atoms with van der Waals surface area (Å²) in [7, 11) is 0. The molecule has 6 heteroatoms. The molecule has 18 heavy (non-hydrogen) atoms. The molecule has 0 aliphatic carbocycles. The van der Waals surface area contributed by atoms with Crippen LogP contribution < -0.4 is 5.73 Å². The lowest BCUT2D eigenvalue weighted by molar-refractivity contribution is 0.0690. The van der Waals surface area contributed by atoms with Crippen molar-refractivity contribution in [1.29, 1.82) is 0 Å². The van der Waals surface area contributed by atoms with E-state index in [9.17, 15) is 4.79 Å². The summed E-state index contributed by atoms with van der Waals surface area (Å²) in [5.74, 6) is -1.06. The van der Waals surface area contributed by atoms with Crippen LogP contribution in [-0.2, 0) is 0 Å². The second-order valence-corrected chi connectivity index (χ2v) is 5.43. The molecule has 0 unspecified atom stereocenters. The first-order valence-corrected chi connectivity index (χ1v) is 6.60. The molecule has 0 amide bonds. The van der Waals surface area contributed by atoms with Gasteiger partial charge in [0.15, 0.2) is 0 Å². The Bertz CT molecular complexity index is 604. The monoisotopic (exact) mass is 324 g/mol. The molecular formula is C12H9BrN2O2S. The Morgan fingerprint density at radius 1 is 1.33 bits per heavy atom. The zero-order valence-corrected chi connectivity index (χ0v) is 11.5. The Labute approximate surface area is 116 Å². The number of aromatic nitrogens is 1. The fourth-order valence-electron chi connectivity index (χ4n) is 1.29. The molecule has 3 N–H and O–H groups in total. The van der Waals surface area contributed by atoms with Crippen LogP contribution in [0.25, 0.3) is 0 Å². The maximum absolute atomic E-state index is 10.9. The molecule has 2 aromatic rings. The standard InChI is InChI=1S/C12H9BrN2O2S/c13-7-2-1-3-8(6-7)18-11-9(14)4-5-10(15-11)12(16)17/h1-6H,14H2,(H,16,17). The number of pyridine rings is 1. The van der Waals surface area contributed by atoms with Gasteiger partial charge in [-0.15, -0.1) is 0 Å². The number of rotatable bonds is 3. The van der Waals surface area contributed by atoms with Crippen LogP contribution in [0, 0.1) is 0 Å². The Kier molecular flexibility index (Phi) is 3.88. The van der Waals surface area contributed by atoms with Gasteiger partial charge in [-0.3, -0.25) is 0 Å². The summed E-state index contributed by atoms with van der Waals surface area (Å²) in [6.07, 6.45) is 0. The van der Waals surface area contributed by atoms with Crippen LogP contribution in [0.2, 0.25) is 0 Å². The van der Waals surface area contributed by atoms with Crippen LogP contribution in [0.4, 0.5) is 5.69 Å². The summed E-state index contributed by atoms with van der Waals surface area (Å²) in [4.78, 5) is 15.8. The van der Waals surface area contributed by atoms with E-state index < -0.39 is 5.97 Å². The van der Waals surface area contributed by atoms with E-state index in [1.165, 1.54) is 17.8 Å². The molecule has 1 aromatic heterocycles. The minimum absolute atomic E-state index is 0.0123. The van der Waals surface area contributed by atoms with Gasteiger partial charge in [-0.2, -0.15) is 0 Å². The van der Waals surface area contributed by atoms with Gasteiger partial charge < -0.3 is 10.8 Å². The van der Waals surface area contributed by atoms with Gasteiger partial charge in [-0.25, -0.2) is 9.78 Å². The van der Waals surface area contributed by atoms with Crippen molar-refractivity contribution in [1.82, 2.24) is 4.98 Å². The number of hydrogen-bond donors (Lipinski definition) is 2. The number of carboxylic acid groups (broad SMARTS) is 1. The molecule has 0 saturated carbocycles. The molecule has 4 nitrogen and oxygen atoms in total. The molecule has 2 rings (SSSR count). The lowest BCUT2D eigenvalue weighted by Crippen LogP contribution is -2.02. The molecular weight excluding hydrogens is 316 g/mol. The van der Waals surface area contributed by atoms with Crippen molar-refractivity contribution in [2.24, 2.45) is 0 Å². The van der Waals surface area contributed by atoms with Gasteiger partial charge in [-0.05, 0) is 30.3 Å². The van der Waals surface area contributed by atoms with Gasteiger partial charge in [-0.1, -0.05) is 33.8 Å². The number of carboxylic acids is 1. The highest BCUT2D eigenvalue weighted by molar-refractivity contribution is 9.10. The largest absolute Gasteiger partial charge is 0.477 e. The van der Waals surface area contributed by atoms with E-state index in [2.05, 4.69) is 20.9 Å². The van der Waals surface area contributed by atoms with Crippen molar-refractivity contribution in [3.63, 3.8) is 0 Å². The van der Waals surface area contributed by atoms with E-state index in [1.54, 1.807) is 6.07 Å². The maximum atomic E-state index is 10.9. The van der Waals surface area contributed by atoms with Gasteiger partial charge >= 0.3 is 5.97 Å². The number of benzene rings is 1. The van der Waals surface area contributed by atoms with Gasteiger partial charge in [0.1, 0.15) is 10.7 Å². The summed E-state index contributed by atoms with van der Waals surface area (Å²) < 4.78 is 0.945. The molecule has 0 aliphatic rings. The summed E-state index contributed by atoms with van der Waals surface area (Å²) >= 11 is 4.70. The van der Waals surface area contributed by atoms with Gasteiger partial charge in [0.25, 0.3) is 0 Å². The van der Waals surface area contributed by atoms with E-state index in [-0.39, 0.29) is 5.69 Å². The zero-order valence-electron chi connectivity index (χ0n) is 9.13. The number of nitrogens with two attached hydrogens (primary N) is 1. The van der Waals surface area contributed by atoms with E-state index in [4.69, 9.17) is 10.8 Å². The average Bonchev–Trinajstić information content (AvgIpc) is 2.31. The number of carbonyl (C=O) groups is 1. The van der Waals surface area contributed by atoms with Gasteiger partial charge in [0, 0.05) is 9.37 Å². The van der Waals surface area contributed by atoms with Crippen molar-refractivity contribution in [2.75, 3.05) is 5.73 Å². The highest BCUT2D eigenvalue weighted by atomic mass is 79.9. The van der Waals surface area contributed by atoms with E-state index in [0.29, 0.717) is 10.7 Å². The SMILES string of the molecule is Nc1ccc(C(=O)O)nc1Sc1cccc(Br)c1. The van der Waals surface area contributed by atoms with Crippen molar-refractivity contribution < 1.29 is 9.90 Å². The number of hydrogen-bond acceptors (Lipinski definition) is 4. The lowest BCUT2D eigenvalue weighted by Gasteiger charge is -2.05. The number of anilines is 1. The predicted molar refractivity (Wildman–Crippen MR) is 73.9 cm³/mol. The molecule has 0 fully saturated rings. The van der Waals surface area contributed by atoms with E-state index in [0.717, 1.165) is 9.37 Å². The van der Waals surface area contributed by atoms with Crippen LogP contribution >= 0.6 is 27.7 Å². The normalized spacial score (nSPS) is 10.3. The predicted octanol–water partition coefficient (Wildman–Crippen LogP) is 3.28. The summed E-state index contributed by atoms with van der Waals surface area (Å²) in [6.45, 7) is 0. The molecule has 1 heterocycles. The van der Waals surface area contributed by atoms with Crippen LogP contribution in [-0.4, -0.2) is 16.1 Å². The van der Waals surface area contributed by atoms with Crippen LogP contribution in [0.5, 0.6) is 0 Å². The third-order valence-corrected chi connectivity index (χ3v) is 3.62. The quantitative estimate of drug-likeness (QED) is 0.906. The minimum atomic E-state index is -1.06. The van der Waals surface area contributed by atoms with Gasteiger partial charge in [0.05, 0.1) is 5.69 Å². The molecule has 1 aromatic carbocycles. The highest BCUT2D eigenvalue weighted by Crippen LogP contribution is 2.31. The van der Waals surface area contributed by atoms with Crippen molar-refractivity contribution >= 4 is 39.3 Å². The number of nitrogen functional groups attached to an aromatic ring is 1. The molecule has 92 valence electrons. The van der Waals surface area contributed by atoms with Gasteiger partial charge in [0.2, 0.25) is 0 Å². The number of halogens is 1. The topological polar surface area (TPSA) is 76.2 Å². The lowest BCUT2D eigenvalue weighted by atomic mass is 10.3. The maximum Gasteiger partial charge on any atom is 0.354 e. The Balaban J connectivity index is 2.33. The Hall–Kier alpha value is -1.53. The number of nitrogens with zero attached hydrogens (tertiary/aromatic N) is 1. The van der Waals surface area contributed by atoms with Crippen molar-refractivity contribution in [3.8, 4) is 0 Å². The first-order valence-electron chi connectivity index (χ1n) is 4.99. The second kappa shape index (κ2) is 5.41. The highest BCUT2D eigenvalue weighted by Gasteiger charge is 2.10. The molecule has 0 radical (unpaired) electrons. The fourth-order valence-corrected chi connectivity index (χ4v) is 2.73. The van der Waals surface area contributed by atoms with Crippen LogP contribution in [0.1, 0.15) is 10.5 Å². The summed E-state index contributed by atoms with van der Waals surface area (Å²) in [5, 5.41) is 9.38. The molecule has 0 saturated heterocycles. The van der Waals surface area contributed by atoms with E-state index >= 15 is 0 Å². The van der Waals surface area contributed by atoms with Crippen LogP contribution in [0.3, 0.4) is 0 Å². The zero-order chi connectivity index (χ0) is 13.1. The molecule has 0 spiro atoms. The summed E-state index contributed by atoms with van der Waals surface area (Å²) in [5.41, 5.74) is 6.24. The molecule has 0 aliphatic heterocycles. The number of aromatic carboxylic acids is 1. The third kappa shape index (κ3) is 3.02. The third-order valence-electron chi connectivity index (χ3n) is 2.12. The average molecular weight is 325 g/mol. The van der Waals surface area contributed by atoms with Crippen molar-refractivity contribution in [3.05, 3.63) is 46.6 Å². The first-order chi connectivity index (χ1) is 8.56.